The summed E-state index contributed by atoms with van der Waals surface area (Å²) >= 11 is 9.66. The monoisotopic (exact) mass is 426 g/mol. The Kier molecular flexibility index (Phi) is 15.2. The van der Waals surface area contributed by atoms with Gasteiger partial charge in [0.15, 0.2) is 0 Å². The number of carbonyl (C=O) groups is 3. The first-order valence-electron chi connectivity index (χ1n) is 8.69. The van der Waals surface area contributed by atoms with E-state index in [9.17, 15) is 14.4 Å². The average Bonchev–Trinajstić information content (AvgIpc) is 2.62. The average molecular weight is 427 g/mol. The quantitative estimate of drug-likeness (QED) is 0.180. The number of esters is 3. The molecule has 0 aromatic rings. The minimum absolute atomic E-state index is 0.0151. The number of rotatable bonds is 15. The van der Waals surface area contributed by atoms with E-state index in [1.54, 1.807) is 11.8 Å². The predicted octanol–water partition coefficient (Wildman–Crippen LogP) is 2.80. The fourth-order valence-corrected chi connectivity index (χ4v) is 2.80. The van der Waals surface area contributed by atoms with Crippen molar-refractivity contribution in [3.05, 3.63) is 0 Å². The molecule has 0 aliphatic carbocycles. The molecular weight excluding hydrogens is 396 g/mol. The zero-order chi connectivity index (χ0) is 19.8. The highest BCUT2D eigenvalue weighted by Gasteiger charge is 2.34. The molecule has 9 heteroatoms. The molecule has 0 amide bonds. The zero-order valence-electron chi connectivity index (χ0n) is 15.5. The Bertz CT molecular complexity index is 409. The summed E-state index contributed by atoms with van der Waals surface area (Å²) < 4.78 is 15.9. The SMILES string of the molecule is CCSCCC(=O)OCC(CC)(COC(=O)CCS)COC(=O)CCS. The maximum absolute atomic E-state index is 11.9. The van der Waals surface area contributed by atoms with Crippen molar-refractivity contribution in [3.63, 3.8) is 0 Å². The second-order valence-electron chi connectivity index (χ2n) is 5.73. The van der Waals surface area contributed by atoms with Gasteiger partial charge in [-0.1, -0.05) is 13.8 Å². The Hall–Kier alpha value is -0.540. The van der Waals surface area contributed by atoms with Gasteiger partial charge >= 0.3 is 17.9 Å². The van der Waals surface area contributed by atoms with Crippen molar-refractivity contribution in [1.82, 2.24) is 0 Å². The summed E-state index contributed by atoms with van der Waals surface area (Å²) in [6.45, 7) is 3.96. The summed E-state index contributed by atoms with van der Waals surface area (Å²) in [6, 6.07) is 0. The Balaban J connectivity index is 4.78. The molecule has 0 saturated heterocycles. The van der Waals surface area contributed by atoms with Crippen molar-refractivity contribution in [2.24, 2.45) is 5.41 Å². The van der Waals surface area contributed by atoms with Gasteiger partial charge in [0.2, 0.25) is 0 Å². The molecule has 0 spiro atoms. The summed E-state index contributed by atoms with van der Waals surface area (Å²) in [5.41, 5.74) is -0.758. The number of hydrogen-bond acceptors (Lipinski definition) is 9. The fraction of sp³-hybridized carbons (Fsp3) is 0.824. The van der Waals surface area contributed by atoms with Gasteiger partial charge in [0, 0.05) is 17.3 Å². The van der Waals surface area contributed by atoms with E-state index in [1.165, 1.54) is 0 Å². The molecular formula is C17H30O6S3. The molecule has 0 rings (SSSR count). The molecule has 0 radical (unpaired) electrons. The molecule has 0 bridgehead atoms. The summed E-state index contributed by atoms with van der Waals surface area (Å²) in [6.07, 6.45) is 1.22. The van der Waals surface area contributed by atoms with Crippen LogP contribution in [0.25, 0.3) is 0 Å². The number of hydrogen-bond donors (Lipinski definition) is 2. The first kappa shape index (κ1) is 25.5. The minimum Gasteiger partial charge on any atom is -0.465 e. The summed E-state index contributed by atoms with van der Waals surface area (Å²) in [4.78, 5) is 35.2. The van der Waals surface area contributed by atoms with E-state index in [0.717, 1.165) is 5.75 Å². The van der Waals surface area contributed by atoms with Crippen molar-refractivity contribution in [3.8, 4) is 0 Å². The molecule has 0 unspecified atom stereocenters. The van der Waals surface area contributed by atoms with Crippen molar-refractivity contribution >= 4 is 54.9 Å². The first-order chi connectivity index (χ1) is 12.4. The van der Waals surface area contributed by atoms with E-state index in [4.69, 9.17) is 14.2 Å². The molecule has 0 aliphatic rings. The van der Waals surface area contributed by atoms with E-state index in [1.807, 2.05) is 13.8 Å². The van der Waals surface area contributed by atoms with Crippen molar-refractivity contribution in [2.45, 2.75) is 39.5 Å². The number of carbonyl (C=O) groups excluding carboxylic acids is 3. The van der Waals surface area contributed by atoms with Crippen LogP contribution in [0, 0.1) is 5.41 Å². The zero-order valence-corrected chi connectivity index (χ0v) is 18.1. The van der Waals surface area contributed by atoms with Crippen LogP contribution in [0.15, 0.2) is 0 Å². The molecule has 0 aromatic carbocycles. The largest absolute Gasteiger partial charge is 0.465 e. The third kappa shape index (κ3) is 12.0. The van der Waals surface area contributed by atoms with Crippen LogP contribution in [0.1, 0.15) is 39.5 Å². The Morgan fingerprint density at radius 1 is 0.808 bits per heavy atom. The smallest absolute Gasteiger partial charge is 0.306 e. The molecule has 0 atom stereocenters. The summed E-state index contributed by atoms with van der Waals surface area (Å²) in [5.74, 6) is 1.33. The molecule has 0 saturated carbocycles. The third-order valence-electron chi connectivity index (χ3n) is 3.65. The summed E-state index contributed by atoms with van der Waals surface area (Å²) in [7, 11) is 0. The van der Waals surface area contributed by atoms with Gasteiger partial charge in [-0.25, -0.2) is 0 Å². The van der Waals surface area contributed by atoms with Gasteiger partial charge in [0.05, 0.1) is 24.7 Å². The highest BCUT2D eigenvalue weighted by Crippen LogP contribution is 2.25. The molecule has 0 aromatic heterocycles. The molecule has 0 N–H and O–H groups in total. The van der Waals surface area contributed by atoms with Crippen LogP contribution in [0.3, 0.4) is 0 Å². The van der Waals surface area contributed by atoms with E-state index >= 15 is 0 Å². The van der Waals surface area contributed by atoms with Crippen molar-refractivity contribution < 1.29 is 28.6 Å². The van der Waals surface area contributed by atoms with Crippen molar-refractivity contribution in [2.75, 3.05) is 42.8 Å². The van der Waals surface area contributed by atoms with Crippen LogP contribution >= 0.6 is 37.0 Å². The van der Waals surface area contributed by atoms with Crippen molar-refractivity contribution in [1.29, 1.82) is 0 Å². The molecule has 0 aliphatic heterocycles. The number of ether oxygens (including phenoxy) is 3. The van der Waals surface area contributed by atoms with Crippen LogP contribution < -0.4 is 0 Å². The minimum atomic E-state index is -0.758. The Morgan fingerprint density at radius 2 is 1.23 bits per heavy atom. The molecule has 0 fully saturated rings. The maximum atomic E-state index is 11.9. The number of thiol groups is 2. The van der Waals surface area contributed by atoms with Crippen LogP contribution in [-0.4, -0.2) is 60.7 Å². The molecule has 0 heterocycles. The van der Waals surface area contributed by atoms with Gasteiger partial charge in [0.1, 0.15) is 19.8 Å². The highest BCUT2D eigenvalue weighted by molar-refractivity contribution is 7.99. The van der Waals surface area contributed by atoms with Gasteiger partial charge in [-0.15, -0.1) is 0 Å². The predicted molar refractivity (Wildman–Crippen MR) is 110 cm³/mol. The van der Waals surface area contributed by atoms with Gasteiger partial charge in [0.25, 0.3) is 0 Å². The third-order valence-corrected chi connectivity index (χ3v) is 5.00. The second kappa shape index (κ2) is 15.5. The topological polar surface area (TPSA) is 78.9 Å². The van der Waals surface area contributed by atoms with Gasteiger partial charge in [-0.2, -0.15) is 37.0 Å². The van der Waals surface area contributed by atoms with Crippen LogP contribution in [-0.2, 0) is 28.6 Å². The number of thioether (sulfide) groups is 1. The second-order valence-corrected chi connectivity index (χ2v) is 8.02. The van der Waals surface area contributed by atoms with E-state index in [0.29, 0.717) is 30.1 Å². The van der Waals surface area contributed by atoms with Crippen LogP contribution in [0.2, 0.25) is 0 Å². The molecule has 152 valence electrons. The van der Waals surface area contributed by atoms with Gasteiger partial charge < -0.3 is 14.2 Å². The first-order valence-corrected chi connectivity index (χ1v) is 11.1. The lowest BCUT2D eigenvalue weighted by Crippen LogP contribution is -2.39. The van der Waals surface area contributed by atoms with Gasteiger partial charge in [-0.05, 0) is 12.2 Å². The van der Waals surface area contributed by atoms with E-state index in [-0.39, 0.29) is 50.6 Å². The van der Waals surface area contributed by atoms with Crippen LogP contribution in [0.4, 0.5) is 0 Å². The Morgan fingerprint density at radius 3 is 1.58 bits per heavy atom. The Labute approximate surface area is 171 Å². The lowest BCUT2D eigenvalue weighted by molar-refractivity contribution is -0.161. The standard InChI is InChI=1S/C17H30O6S3/c1-3-17(11-21-14(18)5-8-24,12-22-15(19)6-9-25)13-23-16(20)7-10-26-4-2/h24-25H,3-13H2,1-2H3. The fourth-order valence-electron chi connectivity index (χ4n) is 1.83. The maximum Gasteiger partial charge on any atom is 0.306 e. The molecule has 26 heavy (non-hydrogen) atoms. The van der Waals surface area contributed by atoms with Crippen LogP contribution in [0.5, 0.6) is 0 Å². The van der Waals surface area contributed by atoms with E-state index < -0.39 is 5.41 Å². The lowest BCUT2D eigenvalue weighted by atomic mass is 9.88. The lowest BCUT2D eigenvalue weighted by Gasteiger charge is -2.31. The van der Waals surface area contributed by atoms with E-state index in [2.05, 4.69) is 25.3 Å². The molecule has 6 nitrogen and oxygen atoms in total. The van der Waals surface area contributed by atoms with Gasteiger partial charge in [-0.3, -0.25) is 14.4 Å². The highest BCUT2D eigenvalue weighted by atomic mass is 32.2. The normalized spacial score (nSPS) is 11.1. The summed E-state index contributed by atoms with van der Waals surface area (Å²) in [5, 5.41) is 0.